The summed E-state index contributed by atoms with van der Waals surface area (Å²) in [6.07, 6.45) is 0.350. The van der Waals surface area contributed by atoms with Crippen molar-refractivity contribution >= 4 is 50.4 Å². The third-order valence-corrected chi connectivity index (χ3v) is 3.55. The van der Waals surface area contributed by atoms with Gasteiger partial charge in [-0.2, -0.15) is 0 Å². The van der Waals surface area contributed by atoms with Crippen LogP contribution in [-0.4, -0.2) is 23.0 Å². The molecular weight excluding hydrogens is 401 g/mol. The van der Waals surface area contributed by atoms with Crippen molar-refractivity contribution in [2.75, 3.05) is 0 Å². The first-order valence-electron chi connectivity index (χ1n) is 4.94. The molecule has 6 heteroatoms. The predicted molar refractivity (Wildman–Crippen MR) is 76.0 cm³/mol. The minimum Gasteiger partial charge on any atom is -0.480 e. The monoisotopic (exact) mass is 411 g/mol. The maximum absolute atomic E-state index is 11.9. The normalized spacial score (nSPS) is 11.9. The number of aliphatic carboxylic acids is 1. The summed E-state index contributed by atoms with van der Waals surface area (Å²) in [6.45, 7) is 1.71. The van der Waals surface area contributed by atoms with Gasteiger partial charge in [0, 0.05) is 8.04 Å². The minimum absolute atomic E-state index is 0.350. The second kappa shape index (κ2) is 6.34. The van der Waals surface area contributed by atoms with E-state index in [4.69, 9.17) is 5.11 Å². The maximum atomic E-state index is 11.9. The van der Waals surface area contributed by atoms with E-state index in [1.165, 1.54) is 0 Å². The second-order valence-electron chi connectivity index (χ2n) is 3.40. The van der Waals surface area contributed by atoms with Crippen LogP contribution >= 0.6 is 38.5 Å². The van der Waals surface area contributed by atoms with Gasteiger partial charge in [-0.1, -0.05) is 6.92 Å². The highest BCUT2D eigenvalue weighted by molar-refractivity contribution is 14.1. The Labute approximate surface area is 121 Å². The van der Waals surface area contributed by atoms with Gasteiger partial charge in [-0.25, -0.2) is 4.79 Å². The fraction of sp³-hybridized carbons (Fsp3) is 0.273. The Morgan fingerprint density at radius 3 is 2.71 bits per heavy atom. The summed E-state index contributed by atoms with van der Waals surface area (Å²) < 4.78 is 1.56. The highest BCUT2D eigenvalue weighted by Gasteiger charge is 2.19. The molecule has 4 nitrogen and oxygen atoms in total. The highest BCUT2D eigenvalue weighted by atomic mass is 127. The van der Waals surface area contributed by atoms with Crippen LogP contribution < -0.4 is 5.32 Å². The van der Waals surface area contributed by atoms with Gasteiger partial charge >= 0.3 is 5.97 Å². The van der Waals surface area contributed by atoms with Crippen molar-refractivity contribution in [2.24, 2.45) is 0 Å². The molecule has 0 radical (unpaired) electrons. The van der Waals surface area contributed by atoms with Gasteiger partial charge in [-0.3, -0.25) is 4.79 Å². The SMILES string of the molecule is CC[C@H](NC(=O)c1cc(I)ccc1Br)C(=O)O. The molecule has 0 aliphatic rings. The highest BCUT2D eigenvalue weighted by Crippen LogP contribution is 2.19. The molecule has 1 rings (SSSR count). The van der Waals surface area contributed by atoms with Gasteiger partial charge < -0.3 is 10.4 Å². The van der Waals surface area contributed by atoms with Crippen molar-refractivity contribution < 1.29 is 14.7 Å². The van der Waals surface area contributed by atoms with Crippen LogP contribution in [0.25, 0.3) is 0 Å². The number of carboxylic acid groups (broad SMARTS) is 1. The van der Waals surface area contributed by atoms with Crippen LogP contribution in [0.5, 0.6) is 0 Å². The van der Waals surface area contributed by atoms with Crippen molar-refractivity contribution in [2.45, 2.75) is 19.4 Å². The topological polar surface area (TPSA) is 66.4 Å². The first-order chi connectivity index (χ1) is 7.95. The molecule has 0 aromatic heterocycles. The van der Waals surface area contributed by atoms with Crippen molar-refractivity contribution in [3.05, 3.63) is 31.8 Å². The Bertz CT molecular complexity index is 450. The summed E-state index contributed by atoms with van der Waals surface area (Å²) in [6, 6.07) is 4.47. The zero-order valence-electron chi connectivity index (χ0n) is 9.04. The molecule has 0 spiro atoms. The Kier molecular flexibility index (Phi) is 5.38. The Morgan fingerprint density at radius 2 is 2.18 bits per heavy atom. The Balaban J connectivity index is 2.89. The largest absolute Gasteiger partial charge is 0.480 e. The summed E-state index contributed by atoms with van der Waals surface area (Å²) in [5.74, 6) is -1.41. The number of halogens is 2. The van der Waals surface area contributed by atoms with Crippen molar-refractivity contribution in [1.29, 1.82) is 0 Å². The lowest BCUT2D eigenvalue weighted by Gasteiger charge is -2.13. The molecule has 1 aromatic carbocycles. The molecule has 0 aliphatic carbocycles. The average molecular weight is 412 g/mol. The van der Waals surface area contributed by atoms with Gasteiger partial charge in [0.2, 0.25) is 0 Å². The van der Waals surface area contributed by atoms with Crippen molar-refractivity contribution in [3.8, 4) is 0 Å². The average Bonchev–Trinajstić information content (AvgIpc) is 2.28. The molecule has 1 atom stereocenters. The second-order valence-corrected chi connectivity index (χ2v) is 5.50. The van der Waals surface area contributed by atoms with Crippen molar-refractivity contribution in [3.63, 3.8) is 0 Å². The van der Waals surface area contributed by atoms with Crippen LogP contribution in [0.2, 0.25) is 0 Å². The summed E-state index contributed by atoms with van der Waals surface area (Å²) >= 11 is 5.36. The molecule has 0 saturated carbocycles. The minimum atomic E-state index is -1.03. The Morgan fingerprint density at radius 1 is 1.53 bits per heavy atom. The number of rotatable bonds is 4. The van der Waals surface area contributed by atoms with Crippen LogP contribution in [0.3, 0.4) is 0 Å². The van der Waals surface area contributed by atoms with E-state index in [9.17, 15) is 9.59 Å². The summed E-state index contributed by atoms with van der Waals surface area (Å²) in [7, 11) is 0. The van der Waals surface area contributed by atoms with Gasteiger partial charge in [-0.05, 0) is 63.1 Å². The number of hydrogen-bond donors (Lipinski definition) is 2. The molecule has 2 N–H and O–H groups in total. The van der Waals surface area contributed by atoms with E-state index in [0.29, 0.717) is 16.5 Å². The standard InChI is InChI=1S/C11H11BrINO3/c1-2-9(11(16)17)14-10(15)7-5-6(13)3-4-8(7)12/h3-5,9H,2H2,1H3,(H,14,15)(H,16,17)/t9-/m0/s1. The quantitative estimate of drug-likeness (QED) is 0.748. The molecule has 0 saturated heterocycles. The molecule has 0 heterocycles. The molecule has 92 valence electrons. The van der Waals surface area contributed by atoms with E-state index < -0.39 is 12.0 Å². The van der Waals surface area contributed by atoms with Gasteiger partial charge in [0.1, 0.15) is 6.04 Å². The zero-order chi connectivity index (χ0) is 13.0. The fourth-order valence-corrected chi connectivity index (χ4v) is 2.16. The molecule has 0 unspecified atom stereocenters. The smallest absolute Gasteiger partial charge is 0.326 e. The van der Waals surface area contributed by atoms with Crippen molar-refractivity contribution in [1.82, 2.24) is 5.32 Å². The van der Waals surface area contributed by atoms with Crippen LogP contribution in [0, 0.1) is 3.57 Å². The number of benzene rings is 1. The van der Waals surface area contributed by atoms with Gasteiger partial charge in [-0.15, -0.1) is 0 Å². The molecule has 0 aliphatic heterocycles. The van der Waals surface area contributed by atoms with E-state index in [2.05, 4.69) is 43.8 Å². The third kappa shape index (κ3) is 3.95. The number of carboxylic acids is 1. The number of hydrogen-bond acceptors (Lipinski definition) is 2. The van der Waals surface area contributed by atoms with Gasteiger partial charge in [0.15, 0.2) is 0 Å². The maximum Gasteiger partial charge on any atom is 0.326 e. The first-order valence-corrected chi connectivity index (χ1v) is 6.81. The summed E-state index contributed by atoms with van der Waals surface area (Å²) in [5.41, 5.74) is 0.441. The fourth-order valence-electron chi connectivity index (χ4n) is 1.25. The van der Waals surface area contributed by atoms with E-state index in [-0.39, 0.29) is 5.91 Å². The first kappa shape index (κ1) is 14.4. The number of amides is 1. The molecule has 0 fully saturated rings. The van der Waals surface area contributed by atoms with E-state index in [1.54, 1.807) is 19.1 Å². The van der Waals surface area contributed by atoms with Crippen LogP contribution in [0.15, 0.2) is 22.7 Å². The lowest BCUT2D eigenvalue weighted by atomic mass is 10.1. The zero-order valence-corrected chi connectivity index (χ0v) is 12.8. The molecule has 1 aromatic rings. The summed E-state index contributed by atoms with van der Waals surface area (Å²) in [4.78, 5) is 22.7. The molecule has 17 heavy (non-hydrogen) atoms. The van der Waals surface area contributed by atoms with Gasteiger partial charge in [0.05, 0.1) is 5.56 Å². The van der Waals surface area contributed by atoms with E-state index in [0.717, 1.165) is 3.57 Å². The van der Waals surface area contributed by atoms with Crippen LogP contribution in [0.4, 0.5) is 0 Å². The number of nitrogens with one attached hydrogen (secondary N) is 1. The molecule has 1 amide bonds. The third-order valence-electron chi connectivity index (χ3n) is 2.18. The lowest BCUT2D eigenvalue weighted by molar-refractivity contribution is -0.139. The summed E-state index contributed by atoms with van der Waals surface area (Å²) in [5, 5.41) is 11.3. The van der Waals surface area contributed by atoms with E-state index in [1.807, 2.05) is 6.07 Å². The number of carbonyl (C=O) groups excluding carboxylic acids is 1. The van der Waals surface area contributed by atoms with Crippen LogP contribution in [-0.2, 0) is 4.79 Å². The van der Waals surface area contributed by atoms with Crippen LogP contribution in [0.1, 0.15) is 23.7 Å². The Hall–Kier alpha value is -0.630. The molecule has 0 bridgehead atoms. The van der Waals surface area contributed by atoms with E-state index >= 15 is 0 Å². The lowest BCUT2D eigenvalue weighted by Crippen LogP contribution is -2.40. The predicted octanol–water partition coefficient (Wildman–Crippen LogP) is 2.65. The number of carbonyl (C=O) groups is 2. The molecular formula is C11H11BrINO3. The van der Waals surface area contributed by atoms with Gasteiger partial charge in [0.25, 0.3) is 5.91 Å².